The molecule has 1 fully saturated rings. The van der Waals surface area contributed by atoms with Crippen LogP contribution in [0.5, 0.6) is 0 Å². The first-order valence-electron chi connectivity index (χ1n) is 5.31. The van der Waals surface area contributed by atoms with Crippen molar-refractivity contribution in [2.24, 2.45) is 5.41 Å². The minimum Gasteiger partial charge on any atom is -0.380 e. The second-order valence-electron chi connectivity index (χ2n) is 4.64. The normalized spacial score (nSPS) is 17.4. The van der Waals surface area contributed by atoms with Gasteiger partial charge in [-0.05, 0) is 18.2 Å². The molecule has 0 aliphatic carbocycles. The van der Waals surface area contributed by atoms with E-state index in [0.29, 0.717) is 30.3 Å². The summed E-state index contributed by atoms with van der Waals surface area (Å²) in [5.41, 5.74) is 0.638. The Morgan fingerprint density at radius 3 is 2.76 bits per heavy atom. The summed E-state index contributed by atoms with van der Waals surface area (Å²) in [6.45, 7) is 4.11. The van der Waals surface area contributed by atoms with E-state index in [0.717, 1.165) is 4.47 Å². The zero-order valence-electron chi connectivity index (χ0n) is 9.43. The highest BCUT2D eigenvalue weighted by molar-refractivity contribution is 9.10. The Morgan fingerprint density at radius 2 is 2.24 bits per heavy atom. The Labute approximate surface area is 114 Å². The molecule has 1 aromatic carbocycles. The Kier molecular flexibility index (Phi) is 3.76. The van der Waals surface area contributed by atoms with E-state index in [1.165, 1.54) is 0 Å². The van der Waals surface area contributed by atoms with E-state index in [2.05, 4.69) is 28.2 Å². The van der Waals surface area contributed by atoms with E-state index in [9.17, 15) is 4.79 Å². The van der Waals surface area contributed by atoms with Gasteiger partial charge in [-0.1, -0.05) is 34.5 Å². The summed E-state index contributed by atoms with van der Waals surface area (Å²) in [7, 11) is 0. The third kappa shape index (κ3) is 3.21. The molecule has 3 nitrogen and oxygen atoms in total. The molecule has 1 aromatic rings. The molecule has 0 unspecified atom stereocenters. The Hall–Kier alpha value is -0.580. The molecule has 1 N–H and O–H groups in total. The van der Waals surface area contributed by atoms with Crippen molar-refractivity contribution in [1.29, 1.82) is 0 Å². The van der Waals surface area contributed by atoms with Crippen molar-refractivity contribution in [3.8, 4) is 0 Å². The molecule has 0 saturated carbocycles. The van der Waals surface area contributed by atoms with Crippen molar-refractivity contribution >= 4 is 33.4 Å². The molecule has 0 bridgehead atoms. The van der Waals surface area contributed by atoms with Crippen LogP contribution in [-0.2, 0) is 4.74 Å². The number of carbonyl (C=O) groups excluding carboxylic acids is 1. The predicted molar refractivity (Wildman–Crippen MR) is 70.4 cm³/mol. The van der Waals surface area contributed by atoms with Crippen molar-refractivity contribution in [2.45, 2.75) is 6.92 Å². The van der Waals surface area contributed by atoms with E-state index in [4.69, 9.17) is 16.3 Å². The van der Waals surface area contributed by atoms with Crippen LogP contribution in [0.2, 0.25) is 5.02 Å². The van der Waals surface area contributed by atoms with Gasteiger partial charge in [-0.2, -0.15) is 0 Å². The summed E-state index contributed by atoms with van der Waals surface area (Å²) in [4.78, 5) is 11.9. The lowest BCUT2D eigenvalue weighted by molar-refractivity contribution is -0.0978. The van der Waals surface area contributed by atoms with Gasteiger partial charge in [0.2, 0.25) is 0 Å². The van der Waals surface area contributed by atoms with E-state index in [-0.39, 0.29) is 11.3 Å². The summed E-state index contributed by atoms with van der Waals surface area (Å²) in [5, 5.41) is 3.44. The van der Waals surface area contributed by atoms with Gasteiger partial charge < -0.3 is 10.1 Å². The van der Waals surface area contributed by atoms with Gasteiger partial charge in [0.25, 0.3) is 5.91 Å². The van der Waals surface area contributed by atoms with Crippen LogP contribution in [-0.4, -0.2) is 25.7 Å². The van der Waals surface area contributed by atoms with E-state index < -0.39 is 0 Å². The molecule has 17 heavy (non-hydrogen) atoms. The van der Waals surface area contributed by atoms with Gasteiger partial charge in [-0.3, -0.25) is 4.79 Å². The zero-order valence-corrected chi connectivity index (χ0v) is 11.8. The lowest BCUT2D eigenvalue weighted by atomic mass is 9.89. The molecule has 0 spiro atoms. The topological polar surface area (TPSA) is 38.3 Å². The first kappa shape index (κ1) is 12.9. The fourth-order valence-corrected chi connectivity index (χ4v) is 2.49. The molecule has 0 radical (unpaired) electrons. The van der Waals surface area contributed by atoms with Crippen LogP contribution < -0.4 is 5.32 Å². The van der Waals surface area contributed by atoms with Gasteiger partial charge in [-0.25, -0.2) is 0 Å². The lowest BCUT2D eigenvalue weighted by Gasteiger charge is -2.38. The maximum Gasteiger partial charge on any atom is 0.251 e. The number of rotatable bonds is 3. The maximum absolute atomic E-state index is 11.9. The Balaban J connectivity index is 1.99. The van der Waals surface area contributed by atoms with Crippen molar-refractivity contribution in [2.75, 3.05) is 19.8 Å². The summed E-state index contributed by atoms with van der Waals surface area (Å²) in [6.07, 6.45) is 0. The summed E-state index contributed by atoms with van der Waals surface area (Å²) in [6, 6.07) is 5.15. The molecule has 0 atom stereocenters. The Bertz CT molecular complexity index is 426. The number of carbonyl (C=O) groups is 1. The second kappa shape index (κ2) is 4.96. The number of hydrogen-bond acceptors (Lipinski definition) is 2. The van der Waals surface area contributed by atoms with Crippen molar-refractivity contribution in [3.05, 3.63) is 33.3 Å². The minimum atomic E-state index is -0.110. The van der Waals surface area contributed by atoms with Gasteiger partial charge in [0, 0.05) is 27.0 Å². The maximum atomic E-state index is 11.9. The summed E-state index contributed by atoms with van der Waals surface area (Å²) < 4.78 is 5.93. The molecule has 1 amide bonds. The monoisotopic (exact) mass is 317 g/mol. The number of hydrogen-bond donors (Lipinski definition) is 1. The van der Waals surface area contributed by atoms with Crippen LogP contribution in [0, 0.1) is 5.41 Å². The van der Waals surface area contributed by atoms with Crippen LogP contribution >= 0.6 is 27.5 Å². The van der Waals surface area contributed by atoms with E-state index in [1.54, 1.807) is 18.2 Å². The molecular formula is C12H13BrClNO2. The van der Waals surface area contributed by atoms with Crippen LogP contribution in [0.1, 0.15) is 17.3 Å². The quantitative estimate of drug-likeness (QED) is 0.930. The number of halogens is 2. The molecule has 1 aliphatic heterocycles. The standard InChI is InChI=1S/C12H13BrClNO2/c1-12(6-17-7-12)5-15-11(16)8-2-9(13)4-10(14)3-8/h2-4H,5-7H2,1H3,(H,15,16). The number of amides is 1. The molecule has 0 aromatic heterocycles. The molecule has 1 aliphatic rings. The summed E-state index contributed by atoms with van der Waals surface area (Å²) in [5.74, 6) is -0.110. The van der Waals surface area contributed by atoms with Crippen molar-refractivity contribution in [3.63, 3.8) is 0 Å². The number of benzene rings is 1. The van der Waals surface area contributed by atoms with Crippen LogP contribution in [0.25, 0.3) is 0 Å². The van der Waals surface area contributed by atoms with Crippen molar-refractivity contribution < 1.29 is 9.53 Å². The van der Waals surface area contributed by atoms with E-state index >= 15 is 0 Å². The first-order chi connectivity index (χ1) is 7.98. The zero-order chi connectivity index (χ0) is 12.5. The van der Waals surface area contributed by atoms with Crippen LogP contribution in [0.4, 0.5) is 0 Å². The van der Waals surface area contributed by atoms with Gasteiger partial charge in [0.1, 0.15) is 0 Å². The molecule has 5 heteroatoms. The summed E-state index contributed by atoms with van der Waals surface area (Å²) >= 11 is 9.20. The molecule has 2 rings (SSSR count). The van der Waals surface area contributed by atoms with Crippen LogP contribution in [0.15, 0.2) is 22.7 Å². The largest absolute Gasteiger partial charge is 0.380 e. The van der Waals surface area contributed by atoms with Crippen molar-refractivity contribution in [1.82, 2.24) is 5.32 Å². The van der Waals surface area contributed by atoms with Gasteiger partial charge >= 0.3 is 0 Å². The highest BCUT2D eigenvalue weighted by Crippen LogP contribution is 2.25. The third-order valence-corrected chi connectivity index (χ3v) is 3.38. The van der Waals surface area contributed by atoms with Gasteiger partial charge in [-0.15, -0.1) is 0 Å². The Morgan fingerprint density at radius 1 is 1.53 bits per heavy atom. The highest BCUT2D eigenvalue weighted by Gasteiger charge is 2.33. The number of ether oxygens (including phenoxy) is 1. The molecule has 92 valence electrons. The average molecular weight is 319 g/mol. The third-order valence-electron chi connectivity index (χ3n) is 2.70. The van der Waals surface area contributed by atoms with Gasteiger partial charge in [0.15, 0.2) is 0 Å². The first-order valence-corrected chi connectivity index (χ1v) is 6.48. The average Bonchev–Trinajstić information content (AvgIpc) is 2.22. The van der Waals surface area contributed by atoms with E-state index in [1.807, 2.05) is 0 Å². The minimum absolute atomic E-state index is 0.0749. The second-order valence-corrected chi connectivity index (χ2v) is 6.00. The lowest BCUT2D eigenvalue weighted by Crippen LogP contribution is -2.48. The fraction of sp³-hybridized carbons (Fsp3) is 0.417. The predicted octanol–water partition coefficient (Wildman–Crippen LogP) is 2.87. The fourth-order valence-electron chi connectivity index (χ4n) is 1.63. The molecular weight excluding hydrogens is 305 g/mol. The smallest absolute Gasteiger partial charge is 0.251 e. The molecule has 1 heterocycles. The molecule has 1 saturated heterocycles. The van der Waals surface area contributed by atoms with Gasteiger partial charge in [0.05, 0.1) is 13.2 Å². The number of nitrogens with one attached hydrogen (secondary N) is 1. The van der Waals surface area contributed by atoms with Crippen LogP contribution in [0.3, 0.4) is 0 Å². The highest BCUT2D eigenvalue weighted by atomic mass is 79.9. The SMILES string of the molecule is CC1(CNC(=O)c2cc(Cl)cc(Br)c2)COC1.